The van der Waals surface area contributed by atoms with Gasteiger partial charge in [-0.25, -0.2) is 9.79 Å². The standard InChI is InChI=1S/C24H25N3O5S/c1-15-21(23(29)31-4)22(16-7-5-8-18(11-16)30-3)27-17(14-33-24(27)25-15)12-20(28)26(2)13-19-9-6-10-32-19/h5-11,14,22H,12-13H2,1-4H3/t22-/m0/s1. The highest BCUT2D eigenvalue weighted by atomic mass is 32.2. The largest absolute Gasteiger partial charge is 0.497 e. The van der Waals surface area contributed by atoms with E-state index in [1.165, 1.54) is 18.9 Å². The Kier molecular flexibility index (Phi) is 6.60. The maximum atomic E-state index is 13.0. The normalized spacial score (nSPS) is 17.3. The van der Waals surface area contributed by atoms with E-state index in [0.717, 1.165) is 11.3 Å². The van der Waals surface area contributed by atoms with Crippen LogP contribution in [0.1, 0.15) is 30.7 Å². The second-order valence-corrected chi connectivity index (χ2v) is 8.50. The lowest BCUT2D eigenvalue weighted by molar-refractivity contribution is -0.136. The van der Waals surface area contributed by atoms with Gasteiger partial charge in [-0.2, -0.15) is 0 Å². The van der Waals surface area contributed by atoms with Crippen LogP contribution in [0.25, 0.3) is 0 Å². The van der Waals surface area contributed by atoms with Crippen molar-refractivity contribution in [1.29, 1.82) is 0 Å². The van der Waals surface area contributed by atoms with Crippen LogP contribution in [0.2, 0.25) is 0 Å². The second-order valence-electron chi connectivity index (χ2n) is 7.67. The van der Waals surface area contributed by atoms with Crippen LogP contribution in [0.3, 0.4) is 0 Å². The fourth-order valence-electron chi connectivity index (χ4n) is 3.88. The number of carbonyl (C=O) groups excluding carboxylic acids is 2. The first-order valence-electron chi connectivity index (χ1n) is 10.4. The number of benzene rings is 1. The van der Waals surface area contributed by atoms with E-state index in [-0.39, 0.29) is 12.3 Å². The maximum Gasteiger partial charge on any atom is 0.338 e. The van der Waals surface area contributed by atoms with Gasteiger partial charge in [0.25, 0.3) is 0 Å². The van der Waals surface area contributed by atoms with Crippen molar-refractivity contribution in [2.75, 3.05) is 21.3 Å². The molecule has 1 aromatic heterocycles. The van der Waals surface area contributed by atoms with Gasteiger partial charge in [-0.05, 0) is 42.2 Å². The first-order chi connectivity index (χ1) is 15.9. The highest BCUT2D eigenvalue weighted by Crippen LogP contribution is 2.45. The Hall–Kier alpha value is -3.46. The Morgan fingerprint density at radius 1 is 1.24 bits per heavy atom. The van der Waals surface area contributed by atoms with Gasteiger partial charge < -0.3 is 23.7 Å². The Morgan fingerprint density at radius 2 is 2.06 bits per heavy atom. The molecule has 2 aliphatic heterocycles. The number of aliphatic imine (C=N–C) groups is 1. The summed E-state index contributed by atoms with van der Waals surface area (Å²) in [6.45, 7) is 2.17. The number of rotatable bonds is 7. The third kappa shape index (κ3) is 4.54. The Bertz CT molecular complexity index is 1150. The number of nitrogens with zero attached hydrogens (tertiary/aromatic N) is 3. The van der Waals surface area contributed by atoms with E-state index in [2.05, 4.69) is 4.99 Å². The molecule has 0 N–H and O–H groups in total. The molecule has 0 radical (unpaired) electrons. The number of hydrogen-bond donors (Lipinski definition) is 0. The van der Waals surface area contributed by atoms with Gasteiger partial charge in [-0.15, -0.1) is 0 Å². The summed E-state index contributed by atoms with van der Waals surface area (Å²) < 4.78 is 15.9. The minimum absolute atomic E-state index is 0.0743. The van der Waals surface area contributed by atoms with E-state index in [1.807, 2.05) is 40.6 Å². The number of furan rings is 1. The van der Waals surface area contributed by atoms with Crippen molar-refractivity contribution < 1.29 is 23.5 Å². The van der Waals surface area contributed by atoms with Crippen molar-refractivity contribution in [2.45, 2.75) is 25.9 Å². The molecule has 1 amide bonds. The number of ether oxygens (including phenoxy) is 2. The summed E-state index contributed by atoms with van der Waals surface area (Å²) in [4.78, 5) is 34.0. The highest BCUT2D eigenvalue weighted by Gasteiger charge is 2.41. The average Bonchev–Trinajstić information content (AvgIpc) is 3.47. The van der Waals surface area contributed by atoms with Gasteiger partial charge in [0, 0.05) is 12.7 Å². The Morgan fingerprint density at radius 3 is 2.76 bits per heavy atom. The predicted octanol–water partition coefficient (Wildman–Crippen LogP) is 4.08. The SMILES string of the molecule is COC(=O)C1=C(C)N=C2SC=C(CC(=O)N(C)Cc3ccco3)N2[C@H]1c1cccc(OC)c1. The minimum Gasteiger partial charge on any atom is -0.497 e. The number of amidine groups is 1. The zero-order chi connectivity index (χ0) is 23.5. The molecule has 0 saturated carbocycles. The topological polar surface area (TPSA) is 84.6 Å². The number of esters is 1. The van der Waals surface area contributed by atoms with E-state index >= 15 is 0 Å². The van der Waals surface area contributed by atoms with Crippen LogP contribution in [0, 0.1) is 0 Å². The predicted molar refractivity (Wildman–Crippen MR) is 125 cm³/mol. The van der Waals surface area contributed by atoms with Crippen LogP contribution in [-0.4, -0.2) is 48.1 Å². The number of thioether (sulfide) groups is 1. The van der Waals surface area contributed by atoms with Crippen LogP contribution in [0.15, 0.2) is 74.4 Å². The van der Waals surface area contributed by atoms with E-state index in [1.54, 1.807) is 38.3 Å². The quantitative estimate of drug-likeness (QED) is 0.567. The van der Waals surface area contributed by atoms with Crippen molar-refractivity contribution in [1.82, 2.24) is 9.80 Å². The molecule has 1 aromatic carbocycles. The first kappa shape index (κ1) is 22.7. The minimum atomic E-state index is -0.496. The lowest BCUT2D eigenvalue weighted by atomic mass is 9.93. The van der Waals surface area contributed by atoms with Crippen LogP contribution < -0.4 is 4.74 Å². The molecular formula is C24H25N3O5S. The molecule has 1 atom stereocenters. The fourth-order valence-corrected chi connectivity index (χ4v) is 4.85. The lowest BCUT2D eigenvalue weighted by Gasteiger charge is -2.36. The van der Waals surface area contributed by atoms with Gasteiger partial charge in [-0.1, -0.05) is 23.9 Å². The van der Waals surface area contributed by atoms with Crippen molar-refractivity contribution in [3.63, 3.8) is 0 Å². The van der Waals surface area contributed by atoms with Gasteiger partial charge in [0.05, 0.1) is 50.8 Å². The number of allylic oxidation sites excluding steroid dienone is 1. The monoisotopic (exact) mass is 467 g/mol. The molecule has 3 heterocycles. The van der Waals surface area contributed by atoms with E-state index in [0.29, 0.717) is 34.5 Å². The van der Waals surface area contributed by atoms with Gasteiger partial charge in [0.2, 0.25) is 5.91 Å². The van der Waals surface area contributed by atoms with Crippen LogP contribution in [-0.2, 0) is 20.9 Å². The number of carbonyl (C=O) groups is 2. The average molecular weight is 468 g/mol. The molecule has 0 saturated heterocycles. The summed E-state index contributed by atoms with van der Waals surface area (Å²) in [5.41, 5.74) is 2.62. The summed E-state index contributed by atoms with van der Waals surface area (Å²) in [5.74, 6) is 0.849. The van der Waals surface area contributed by atoms with Crippen LogP contribution >= 0.6 is 11.8 Å². The van der Waals surface area contributed by atoms with E-state index in [4.69, 9.17) is 13.9 Å². The van der Waals surface area contributed by atoms with Crippen LogP contribution in [0.5, 0.6) is 5.75 Å². The molecule has 0 bridgehead atoms. The fraction of sp³-hybridized carbons (Fsp3) is 0.292. The molecule has 9 heteroatoms. The highest BCUT2D eigenvalue weighted by molar-refractivity contribution is 8.16. The van der Waals surface area contributed by atoms with Crippen molar-refractivity contribution in [2.24, 2.45) is 4.99 Å². The molecule has 2 aliphatic rings. The Balaban J connectivity index is 1.66. The van der Waals surface area contributed by atoms with Crippen molar-refractivity contribution >= 4 is 28.8 Å². The van der Waals surface area contributed by atoms with Crippen molar-refractivity contribution in [3.8, 4) is 5.75 Å². The summed E-state index contributed by atoms with van der Waals surface area (Å²) in [6.07, 6.45) is 1.74. The summed E-state index contributed by atoms with van der Waals surface area (Å²) in [6, 6.07) is 10.7. The van der Waals surface area contributed by atoms with E-state index < -0.39 is 12.0 Å². The van der Waals surface area contributed by atoms with Gasteiger partial charge in [0.15, 0.2) is 5.17 Å². The zero-order valence-electron chi connectivity index (χ0n) is 18.9. The summed E-state index contributed by atoms with van der Waals surface area (Å²) >= 11 is 1.43. The van der Waals surface area contributed by atoms with Gasteiger partial charge >= 0.3 is 5.97 Å². The zero-order valence-corrected chi connectivity index (χ0v) is 19.7. The first-order valence-corrected chi connectivity index (χ1v) is 11.2. The van der Waals surface area contributed by atoms with Gasteiger partial charge in [0.1, 0.15) is 11.5 Å². The maximum absolute atomic E-state index is 13.0. The number of methoxy groups -OCH3 is 2. The molecule has 0 unspecified atom stereocenters. The van der Waals surface area contributed by atoms with Gasteiger partial charge in [-0.3, -0.25) is 4.79 Å². The molecule has 33 heavy (non-hydrogen) atoms. The number of fused-ring (bicyclic) bond motifs is 1. The Labute approximate surface area is 196 Å². The second kappa shape index (κ2) is 9.58. The molecular weight excluding hydrogens is 442 g/mol. The number of amides is 1. The smallest absolute Gasteiger partial charge is 0.338 e. The molecule has 2 aromatic rings. The van der Waals surface area contributed by atoms with Crippen molar-refractivity contribution in [3.05, 3.63) is 76.4 Å². The molecule has 0 spiro atoms. The molecule has 172 valence electrons. The van der Waals surface area contributed by atoms with Crippen LogP contribution in [0.4, 0.5) is 0 Å². The number of hydrogen-bond acceptors (Lipinski definition) is 8. The molecule has 4 rings (SSSR count). The third-order valence-corrected chi connectivity index (χ3v) is 6.44. The molecule has 8 nitrogen and oxygen atoms in total. The lowest BCUT2D eigenvalue weighted by Crippen LogP contribution is -2.38. The summed E-state index contributed by atoms with van der Waals surface area (Å²) in [7, 11) is 4.69. The molecule has 0 aliphatic carbocycles. The molecule has 0 fully saturated rings. The van der Waals surface area contributed by atoms with E-state index in [9.17, 15) is 9.59 Å². The summed E-state index contributed by atoms with van der Waals surface area (Å²) in [5, 5.41) is 2.63. The third-order valence-electron chi connectivity index (χ3n) is 5.55.